The highest BCUT2D eigenvalue weighted by atomic mass is 35.5. The summed E-state index contributed by atoms with van der Waals surface area (Å²) >= 11 is 6.09. The zero-order valence-electron chi connectivity index (χ0n) is 22.6. The molecule has 3 fully saturated rings. The minimum absolute atomic E-state index is 0.0163. The molecule has 1 aromatic carbocycles. The molecule has 1 aliphatic heterocycles. The number of ether oxygens (including phenoxy) is 1. The Kier molecular flexibility index (Phi) is 8.78. The zero-order chi connectivity index (χ0) is 25.8. The van der Waals surface area contributed by atoms with Crippen LogP contribution in [0, 0.1) is 11.8 Å². The Morgan fingerprint density at radius 2 is 1.84 bits per heavy atom. The molecule has 204 valence electrons. The minimum atomic E-state index is 0.0163. The molecule has 7 heteroatoms. The third kappa shape index (κ3) is 6.88. The number of halogens is 1. The number of nitrogens with zero attached hydrogens (tertiary/aromatic N) is 2. The zero-order valence-corrected chi connectivity index (χ0v) is 23.4. The number of hydrogen-bond acceptors (Lipinski definition) is 5. The summed E-state index contributed by atoms with van der Waals surface area (Å²) in [5.41, 5.74) is 1.91. The summed E-state index contributed by atoms with van der Waals surface area (Å²) in [6, 6.07) is 6.20. The first-order chi connectivity index (χ1) is 17.9. The second-order valence-corrected chi connectivity index (χ2v) is 12.6. The van der Waals surface area contributed by atoms with Crippen molar-refractivity contribution in [1.82, 2.24) is 15.4 Å². The number of methoxy groups -OCH3 is 1. The van der Waals surface area contributed by atoms with Gasteiger partial charge in [-0.25, -0.2) is 0 Å². The van der Waals surface area contributed by atoms with Crippen LogP contribution in [0.5, 0.6) is 0 Å². The van der Waals surface area contributed by atoms with Crippen LogP contribution in [0.4, 0.5) is 0 Å². The van der Waals surface area contributed by atoms with Crippen LogP contribution in [-0.2, 0) is 9.53 Å². The van der Waals surface area contributed by atoms with E-state index in [9.17, 15) is 4.79 Å². The summed E-state index contributed by atoms with van der Waals surface area (Å²) in [6.45, 7) is 5.64. The Bertz CT molecular complexity index is 1030. The molecule has 6 nitrogen and oxygen atoms in total. The molecule has 0 unspecified atom stereocenters. The molecule has 0 spiro atoms. The van der Waals surface area contributed by atoms with E-state index in [2.05, 4.69) is 22.3 Å². The Morgan fingerprint density at radius 3 is 2.54 bits per heavy atom. The molecule has 5 rings (SSSR count). The lowest BCUT2D eigenvalue weighted by Crippen LogP contribution is -2.40. The number of aromatic nitrogens is 1. The average Bonchev–Trinajstić information content (AvgIpc) is 3.33. The highest BCUT2D eigenvalue weighted by Crippen LogP contribution is 2.36. The molecule has 2 heterocycles. The molecule has 0 atom stereocenters. The van der Waals surface area contributed by atoms with Crippen LogP contribution in [0.25, 0.3) is 11.0 Å². The van der Waals surface area contributed by atoms with E-state index in [4.69, 9.17) is 20.9 Å². The van der Waals surface area contributed by atoms with Gasteiger partial charge in [-0.05, 0) is 121 Å². The van der Waals surface area contributed by atoms with E-state index >= 15 is 0 Å². The van der Waals surface area contributed by atoms with Gasteiger partial charge in [0.2, 0.25) is 5.91 Å². The van der Waals surface area contributed by atoms with Crippen molar-refractivity contribution in [3.8, 4) is 0 Å². The maximum absolute atomic E-state index is 12.7. The van der Waals surface area contributed by atoms with Crippen LogP contribution in [0.2, 0.25) is 5.02 Å². The van der Waals surface area contributed by atoms with Gasteiger partial charge in [0.1, 0.15) is 0 Å². The van der Waals surface area contributed by atoms with Gasteiger partial charge in [0.15, 0.2) is 5.58 Å². The maximum Gasteiger partial charge on any atom is 0.220 e. The lowest BCUT2D eigenvalue weighted by Gasteiger charge is -2.36. The Hall–Kier alpha value is -1.63. The third-order valence-corrected chi connectivity index (χ3v) is 9.87. The highest BCUT2D eigenvalue weighted by Gasteiger charge is 2.32. The van der Waals surface area contributed by atoms with Crippen LogP contribution in [0.1, 0.15) is 95.6 Å². The van der Waals surface area contributed by atoms with E-state index in [0.717, 1.165) is 87.0 Å². The standard InChI is InChI=1S/C30H44ClN3O3/c1-30(36-2)14-9-22(10-15-30)19-28(35)32-25-6-3-21(4-7-25)11-16-34-17-12-23(13-18-34)29-26-8-5-24(31)20-27(26)37-33-29/h5,8,20-23,25H,3-4,6-7,9-19H2,1-2H3,(H,32,35). The van der Waals surface area contributed by atoms with Gasteiger partial charge in [-0.15, -0.1) is 0 Å². The predicted octanol–water partition coefficient (Wildman–Crippen LogP) is 6.71. The third-order valence-electron chi connectivity index (χ3n) is 9.63. The number of hydrogen-bond donors (Lipinski definition) is 1. The number of carbonyl (C=O) groups is 1. The Balaban J connectivity index is 0.972. The first kappa shape index (κ1) is 27.0. The lowest BCUT2D eigenvalue weighted by atomic mass is 9.78. The van der Waals surface area contributed by atoms with Gasteiger partial charge in [0, 0.05) is 42.0 Å². The van der Waals surface area contributed by atoms with Gasteiger partial charge < -0.3 is 19.5 Å². The van der Waals surface area contributed by atoms with Crippen LogP contribution < -0.4 is 5.32 Å². The number of benzene rings is 1. The van der Waals surface area contributed by atoms with Crippen molar-refractivity contribution in [3.05, 3.63) is 28.9 Å². The topological polar surface area (TPSA) is 67.6 Å². The summed E-state index contributed by atoms with van der Waals surface area (Å²) in [5, 5.41) is 9.55. The summed E-state index contributed by atoms with van der Waals surface area (Å²) < 4.78 is 11.2. The largest absolute Gasteiger partial charge is 0.379 e. The van der Waals surface area contributed by atoms with Gasteiger partial charge in [-0.1, -0.05) is 16.8 Å². The molecular weight excluding hydrogens is 486 g/mol. The lowest BCUT2D eigenvalue weighted by molar-refractivity contribution is -0.124. The quantitative estimate of drug-likeness (QED) is 0.411. The van der Waals surface area contributed by atoms with Crippen LogP contribution >= 0.6 is 11.6 Å². The molecule has 3 aliphatic rings. The molecule has 2 saturated carbocycles. The smallest absolute Gasteiger partial charge is 0.220 e. The van der Waals surface area contributed by atoms with Crippen LogP contribution in [0.15, 0.2) is 22.7 Å². The van der Waals surface area contributed by atoms with E-state index in [1.807, 2.05) is 25.3 Å². The maximum atomic E-state index is 12.7. The predicted molar refractivity (Wildman–Crippen MR) is 148 cm³/mol. The molecule has 2 aromatic rings. The summed E-state index contributed by atoms with van der Waals surface area (Å²) in [5.74, 6) is 2.04. The number of amides is 1. The van der Waals surface area contributed by atoms with Crippen molar-refractivity contribution in [2.75, 3.05) is 26.7 Å². The van der Waals surface area contributed by atoms with Crippen molar-refractivity contribution in [2.45, 2.75) is 102 Å². The number of fused-ring (bicyclic) bond motifs is 1. The summed E-state index contributed by atoms with van der Waals surface area (Å²) in [7, 11) is 1.81. The molecule has 1 amide bonds. The van der Waals surface area contributed by atoms with Crippen molar-refractivity contribution >= 4 is 28.5 Å². The van der Waals surface area contributed by atoms with Crippen LogP contribution in [-0.4, -0.2) is 54.4 Å². The van der Waals surface area contributed by atoms with Crippen molar-refractivity contribution in [2.24, 2.45) is 11.8 Å². The van der Waals surface area contributed by atoms with Gasteiger partial charge in [-0.2, -0.15) is 0 Å². The molecule has 0 radical (unpaired) electrons. The molecule has 0 bridgehead atoms. The Morgan fingerprint density at radius 1 is 1.11 bits per heavy atom. The van der Waals surface area contributed by atoms with E-state index < -0.39 is 0 Å². The van der Waals surface area contributed by atoms with Crippen molar-refractivity contribution in [1.29, 1.82) is 0 Å². The molecule has 2 aliphatic carbocycles. The number of likely N-dealkylation sites (tertiary alicyclic amines) is 1. The molecule has 1 saturated heterocycles. The summed E-state index contributed by atoms with van der Waals surface area (Å²) in [6.07, 6.45) is 13.3. The second-order valence-electron chi connectivity index (χ2n) is 12.2. The molecular formula is C30H44ClN3O3. The van der Waals surface area contributed by atoms with E-state index in [-0.39, 0.29) is 11.5 Å². The normalized spacial score (nSPS) is 30.0. The average molecular weight is 530 g/mol. The van der Waals surface area contributed by atoms with Gasteiger partial charge >= 0.3 is 0 Å². The number of piperidine rings is 1. The monoisotopic (exact) mass is 529 g/mol. The fourth-order valence-corrected chi connectivity index (χ4v) is 7.02. The van der Waals surface area contributed by atoms with Crippen molar-refractivity contribution < 1.29 is 14.1 Å². The minimum Gasteiger partial charge on any atom is -0.379 e. The van der Waals surface area contributed by atoms with E-state index in [1.54, 1.807) is 0 Å². The fourth-order valence-electron chi connectivity index (χ4n) is 6.86. The molecule has 37 heavy (non-hydrogen) atoms. The molecule has 1 aromatic heterocycles. The van der Waals surface area contributed by atoms with E-state index in [1.165, 1.54) is 25.8 Å². The SMILES string of the molecule is COC1(C)CCC(CC(=O)NC2CCC(CCN3CCC(c4noc5cc(Cl)ccc45)CC3)CC2)CC1. The number of nitrogens with one attached hydrogen (secondary N) is 1. The van der Waals surface area contributed by atoms with Crippen LogP contribution in [0.3, 0.4) is 0 Å². The first-order valence-electron chi connectivity index (χ1n) is 14.5. The van der Waals surface area contributed by atoms with Gasteiger partial charge in [0.05, 0.1) is 11.3 Å². The Labute approximate surface area is 226 Å². The number of rotatable bonds is 8. The second kappa shape index (κ2) is 12.0. The van der Waals surface area contributed by atoms with Crippen molar-refractivity contribution in [3.63, 3.8) is 0 Å². The molecule has 1 N–H and O–H groups in total. The fraction of sp³-hybridized carbons (Fsp3) is 0.733. The van der Waals surface area contributed by atoms with Gasteiger partial charge in [0.25, 0.3) is 0 Å². The highest BCUT2D eigenvalue weighted by molar-refractivity contribution is 6.31. The van der Waals surface area contributed by atoms with Gasteiger partial charge in [-0.3, -0.25) is 4.79 Å². The van der Waals surface area contributed by atoms with E-state index in [0.29, 0.717) is 29.3 Å². The summed E-state index contributed by atoms with van der Waals surface area (Å²) in [4.78, 5) is 15.3. The first-order valence-corrected chi connectivity index (χ1v) is 14.9. The number of carbonyl (C=O) groups excluding carboxylic acids is 1.